The van der Waals surface area contributed by atoms with Gasteiger partial charge in [-0.15, -0.1) is 0 Å². The largest absolute Gasteiger partial charge is 0.478 e. The molecule has 2 rings (SSSR count). The van der Waals surface area contributed by atoms with Crippen molar-refractivity contribution in [2.24, 2.45) is 0 Å². The van der Waals surface area contributed by atoms with Gasteiger partial charge in [-0.1, -0.05) is 23.7 Å². The predicted octanol–water partition coefficient (Wildman–Crippen LogP) is 1.98. The Bertz CT molecular complexity index is 652. The Morgan fingerprint density at radius 1 is 1.48 bits per heavy atom. The van der Waals surface area contributed by atoms with Gasteiger partial charge in [-0.25, -0.2) is 9.59 Å². The fourth-order valence-electron chi connectivity index (χ4n) is 2.91. The van der Waals surface area contributed by atoms with Gasteiger partial charge in [0, 0.05) is 28.3 Å². The van der Waals surface area contributed by atoms with Gasteiger partial charge in [0.05, 0.1) is 6.10 Å². The number of aliphatic hydroxyl groups is 1. The molecule has 1 saturated heterocycles. The van der Waals surface area contributed by atoms with E-state index in [1.165, 1.54) is 0 Å². The van der Waals surface area contributed by atoms with Gasteiger partial charge in [0.1, 0.15) is 0 Å². The molecule has 1 fully saturated rings. The van der Waals surface area contributed by atoms with Gasteiger partial charge in [0.15, 0.2) is 0 Å². The number of carbonyl (C=O) groups is 2. The quantitative estimate of drug-likeness (QED) is 0.590. The first-order chi connectivity index (χ1) is 10.7. The van der Waals surface area contributed by atoms with Gasteiger partial charge >= 0.3 is 11.9 Å². The van der Waals surface area contributed by atoms with E-state index >= 15 is 0 Å². The summed E-state index contributed by atoms with van der Waals surface area (Å²) < 4.78 is 0. The van der Waals surface area contributed by atoms with E-state index in [0.29, 0.717) is 23.1 Å². The van der Waals surface area contributed by atoms with E-state index in [1.807, 2.05) is 0 Å². The van der Waals surface area contributed by atoms with Crippen LogP contribution in [0.3, 0.4) is 0 Å². The average molecular weight is 340 g/mol. The zero-order valence-corrected chi connectivity index (χ0v) is 13.2. The van der Waals surface area contributed by atoms with E-state index in [4.69, 9.17) is 21.8 Å². The molecule has 1 aliphatic heterocycles. The number of rotatable bonds is 6. The molecule has 124 valence electrons. The average Bonchev–Trinajstić information content (AvgIpc) is 2.42. The number of aliphatic carboxylic acids is 2. The second kappa shape index (κ2) is 6.70. The molecule has 6 nitrogen and oxygen atoms in total. The predicted molar refractivity (Wildman–Crippen MR) is 84.3 cm³/mol. The third-order valence-electron chi connectivity index (χ3n) is 3.93. The van der Waals surface area contributed by atoms with Crippen molar-refractivity contribution in [3.63, 3.8) is 0 Å². The number of benzene rings is 1. The Morgan fingerprint density at radius 3 is 2.65 bits per heavy atom. The molecule has 4 N–H and O–H groups in total. The fraction of sp³-hybridized carbons (Fsp3) is 0.375. The van der Waals surface area contributed by atoms with Gasteiger partial charge in [0.25, 0.3) is 0 Å². The molecule has 0 saturated carbocycles. The Hall–Kier alpha value is -1.89. The number of halogens is 1. The summed E-state index contributed by atoms with van der Waals surface area (Å²) in [5.74, 6) is -2.55. The zero-order chi connectivity index (χ0) is 17.2. The topological polar surface area (TPSA) is 107 Å². The highest BCUT2D eigenvalue weighted by atomic mass is 35.5. The maximum Gasteiger partial charge on any atom is 0.331 e. The first-order valence-electron chi connectivity index (χ1n) is 7.08. The van der Waals surface area contributed by atoms with Crippen molar-refractivity contribution >= 4 is 23.5 Å². The van der Waals surface area contributed by atoms with Gasteiger partial charge in [-0.05, 0) is 37.5 Å². The second-order valence-electron chi connectivity index (χ2n) is 6.01. The lowest BCUT2D eigenvalue weighted by atomic mass is 9.75. The molecule has 0 amide bonds. The highest BCUT2D eigenvalue weighted by molar-refractivity contribution is 6.30. The lowest BCUT2D eigenvalue weighted by Gasteiger charge is -2.49. The van der Waals surface area contributed by atoms with Crippen LogP contribution in [0.5, 0.6) is 0 Å². The molecule has 0 radical (unpaired) electrons. The molecule has 1 aromatic rings. The van der Waals surface area contributed by atoms with E-state index in [-0.39, 0.29) is 18.0 Å². The van der Waals surface area contributed by atoms with Gasteiger partial charge in [0.2, 0.25) is 0 Å². The van der Waals surface area contributed by atoms with Gasteiger partial charge in [-0.2, -0.15) is 0 Å². The van der Waals surface area contributed by atoms with Crippen molar-refractivity contribution in [2.45, 2.75) is 37.5 Å². The summed E-state index contributed by atoms with van der Waals surface area (Å²) in [7, 11) is 0. The van der Waals surface area contributed by atoms with Gasteiger partial charge < -0.3 is 20.6 Å². The molecule has 23 heavy (non-hydrogen) atoms. The number of hydrogen-bond acceptors (Lipinski definition) is 4. The molecule has 0 aromatic heterocycles. The van der Waals surface area contributed by atoms with Crippen LogP contribution in [0.1, 0.15) is 31.4 Å². The molecular weight excluding hydrogens is 322 g/mol. The first-order valence-corrected chi connectivity index (χ1v) is 7.46. The van der Waals surface area contributed by atoms with Crippen LogP contribution in [0.15, 0.2) is 35.9 Å². The van der Waals surface area contributed by atoms with Crippen molar-refractivity contribution in [2.75, 3.05) is 0 Å². The van der Waals surface area contributed by atoms with Crippen LogP contribution in [0.25, 0.3) is 0 Å². The Morgan fingerprint density at radius 2 is 2.13 bits per heavy atom. The maximum absolute atomic E-state index is 11.1. The third-order valence-corrected chi connectivity index (χ3v) is 4.16. The molecule has 1 aliphatic rings. The summed E-state index contributed by atoms with van der Waals surface area (Å²) in [5, 5.41) is 31.8. The Kier molecular flexibility index (Phi) is 5.09. The molecule has 7 heteroatoms. The molecule has 0 bridgehead atoms. The fourth-order valence-corrected chi connectivity index (χ4v) is 3.10. The highest BCUT2D eigenvalue weighted by Gasteiger charge is 2.44. The van der Waals surface area contributed by atoms with Crippen molar-refractivity contribution < 1.29 is 24.9 Å². The SMILES string of the molecule is CC1(C/C(=C/C(=O)O)C(=O)O)C[C@@H]([C@H](O)c2cccc(Cl)c2)N1. The van der Waals surface area contributed by atoms with Crippen LogP contribution in [-0.2, 0) is 9.59 Å². The summed E-state index contributed by atoms with van der Waals surface area (Å²) in [6.45, 7) is 1.80. The third kappa shape index (κ3) is 4.31. The van der Waals surface area contributed by atoms with Crippen LogP contribution < -0.4 is 5.32 Å². The van der Waals surface area contributed by atoms with Crippen LogP contribution in [0.2, 0.25) is 5.02 Å². The summed E-state index contributed by atoms with van der Waals surface area (Å²) in [4.78, 5) is 21.8. The van der Waals surface area contributed by atoms with E-state index in [2.05, 4.69) is 5.32 Å². The number of carboxylic acid groups (broad SMARTS) is 2. The van der Waals surface area contributed by atoms with E-state index in [1.54, 1.807) is 31.2 Å². The molecule has 0 aliphatic carbocycles. The molecule has 0 spiro atoms. The highest BCUT2D eigenvalue weighted by Crippen LogP contribution is 2.37. The number of hydrogen-bond donors (Lipinski definition) is 4. The minimum absolute atomic E-state index is 0.0629. The number of aliphatic hydroxyl groups excluding tert-OH is 1. The lowest BCUT2D eigenvalue weighted by Crippen LogP contribution is -2.64. The van der Waals surface area contributed by atoms with Crippen LogP contribution >= 0.6 is 11.6 Å². The smallest absolute Gasteiger partial charge is 0.331 e. The van der Waals surface area contributed by atoms with Crippen molar-refractivity contribution in [3.8, 4) is 0 Å². The second-order valence-corrected chi connectivity index (χ2v) is 6.44. The maximum atomic E-state index is 11.1. The monoisotopic (exact) mass is 339 g/mol. The number of nitrogens with one attached hydrogen (secondary N) is 1. The van der Waals surface area contributed by atoms with E-state index in [9.17, 15) is 14.7 Å². The van der Waals surface area contributed by atoms with E-state index < -0.39 is 23.6 Å². The number of carboxylic acids is 2. The van der Waals surface area contributed by atoms with Crippen LogP contribution in [0.4, 0.5) is 0 Å². The Balaban J connectivity index is 2.01. The lowest BCUT2D eigenvalue weighted by molar-refractivity contribution is -0.135. The summed E-state index contributed by atoms with van der Waals surface area (Å²) >= 11 is 5.90. The van der Waals surface area contributed by atoms with Crippen molar-refractivity contribution in [1.82, 2.24) is 5.32 Å². The van der Waals surface area contributed by atoms with Crippen molar-refractivity contribution in [1.29, 1.82) is 0 Å². The van der Waals surface area contributed by atoms with Crippen molar-refractivity contribution in [3.05, 3.63) is 46.5 Å². The van der Waals surface area contributed by atoms with Gasteiger partial charge in [-0.3, -0.25) is 0 Å². The van der Waals surface area contributed by atoms with E-state index in [0.717, 1.165) is 0 Å². The molecule has 1 aromatic carbocycles. The minimum Gasteiger partial charge on any atom is -0.478 e. The van der Waals surface area contributed by atoms with Crippen LogP contribution in [-0.4, -0.2) is 38.8 Å². The standard InChI is InChI=1S/C16H18ClNO5/c1-16(7-10(15(22)23)6-13(19)20)8-12(18-16)14(21)9-3-2-4-11(17)5-9/h2-6,12,14,18,21H,7-8H2,1H3,(H,19,20)(H,22,23)/b10-6-/t12-,14+,16?/m0/s1. The first kappa shape index (κ1) is 17.5. The molecule has 3 atom stereocenters. The normalized spacial score (nSPS) is 25.5. The zero-order valence-electron chi connectivity index (χ0n) is 12.5. The summed E-state index contributed by atoms with van der Waals surface area (Å²) in [6.07, 6.45) is 0.521. The minimum atomic E-state index is -1.29. The van der Waals surface area contributed by atoms with Crippen LogP contribution in [0, 0.1) is 0 Å². The molecule has 1 heterocycles. The molecular formula is C16H18ClNO5. The summed E-state index contributed by atoms with van der Waals surface area (Å²) in [6, 6.07) is 6.67. The Labute approximate surface area is 138 Å². The molecule has 1 unspecified atom stereocenters. The summed E-state index contributed by atoms with van der Waals surface area (Å²) in [5.41, 5.74) is -0.0658.